The van der Waals surface area contributed by atoms with Gasteiger partial charge in [-0.3, -0.25) is 4.79 Å². The van der Waals surface area contributed by atoms with Crippen LogP contribution in [0.2, 0.25) is 0 Å². The zero-order valence-corrected chi connectivity index (χ0v) is 14.0. The van der Waals surface area contributed by atoms with Gasteiger partial charge in [-0.05, 0) is 57.5 Å². The Hall–Kier alpha value is -1.95. The van der Waals surface area contributed by atoms with Crippen LogP contribution in [0, 0.1) is 5.92 Å². The summed E-state index contributed by atoms with van der Waals surface area (Å²) < 4.78 is 1.65. The molecule has 3 heterocycles. The predicted octanol–water partition coefficient (Wildman–Crippen LogP) is 1.92. The molecule has 0 saturated carbocycles. The molecule has 1 amide bonds. The molecule has 0 bridgehead atoms. The topological polar surface area (TPSA) is 53.7 Å². The van der Waals surface area contributed by atoms with Gasteiger partial charge in [0.05, 0.1) is 0 Å². The van der Waals surface area contributed by atoms with Crippen LogP contribution >= 0.6 is 0 Å². The number of hydrogen-bond donors (Lipinski definition) is 0. The minimum Gasteiger partial charge on any atom is -0.337 e. The van der Waals surface area contributed by atoms with Gasteiger partial charge in [0.1, 0.15) is 5.69 Å². The second-order valence-corrected chi connectivity index (χ2v) is 6.37. The van der Waals surface area contributed by atoms with Crippen LogP contribution in [0.1, 0.15) is 36.7 Å². The second-order valence-electron chi connectivity index (χ2n) is 6.37. The maximum Gasteiger partial charge on any atom is 0.274 e. The Morgan fingerprint density at radius 3 is 2.87 bits per heavy atom. The zero-order chi connectivity index (χ0) is 16.2. The third kappa shape index (κ3) is 3.69. The molecule has 0 aromatic carbocycles. The van der Waals surface area contributed by atoms with E-state index >= 15 is 0 Å². The van der Waals surface area contributed by atoms with Crippen LogP contribution in [0.5, 0.6) is 0 Å². The summed E-state index contributed by atoms with van der Waals surface area (Å²) in [5.41, 5.74) is 1.26. The second kappa shape index (κ2) is 7.08. The van der Waals surface area contributed by atoms with E-state index in [1.807, 2.05) is 11.0 Å². The first-order valence-corrected chi connectivity index (χ1v) is 8.45. The van der Waals surface area contributed by atoms with Gasteiger partial charge < -0.3 is 9.80 Å². The maximum absolute atomic E-state index is 12.6. The molecule has 0 atom stereocenters. The predicted molar refractivity (Wildman–Crippen MR) is 89.4 cm³/mol. The summed E-state index contributed by atoms with van der Waals surface area (Å²) in [4.78, 5) is 21.0. The van der Waals surface area contributed by atoms with E-state index in [0.717, 1.165) is 50.6 Å². The van der Waals surface area contributed by atoms with Gasteiger partial charge in [0.15, 0.2) is 5.65 Å². The van der Waals surface area contributed by atoms with Crippen LogP contribution in [-0.2, 0) is 0 Å². The normalized spacial score (nSPS) is 16.4. The number of nitrogens with zero attached hydrogens (tertiary/aromatic N) is 5. The first-order valence-electron chi connectivity index (χ1n) is 8.45. The van der Waals surface area contributed by atoms with E-state index in [0.29, 0.717) is 5.69 Å². The molecule has 23 heavy (non-hydrogen) atoms. The molecular weight excluding hydrogens is 290 g/mol. The van der Waals surface area contributed by atoms with Gasteiger partial charge in [-0.2, -0.15) is 5.10 Å². The number of likely N-dealkylation sites (tertiary alicyclic amines) is 1. The maximum atomic E-state index is 12.6. The third-order valence-electron chi connectivity index (χ3n) is 4.83. The van der Waals surface area contributed by atoms with E-state index in [1.54, 1.807) is 23.0 Å². The fourth-order valence-electron chi connectivity index (χ4n) is 3.08. The highest BCUT2D eigenvalue weighted by Gasteiger charge is 2.24. The minimum absolute atomic E-state index is 0.0322. The van der Waals surface area contributed by atoms with Crippen LogP contribution in [-0.4, -0.2) is 63.5 Å². The average Bonchev–Trinajstić information content (AvgIpc) is 3.07. The Labute approximate surface area is 137 Å². The molecule has 0 radical (unpaired) electrons. The Morgan fingerprint density at radius 2 is 2.13 bits per heavy atom. The first kappa shape index (κ1) is 15.9. The summed E-state index contributed by atoms with van der Waals surface area (Å²) >= 11 is 0. The van der Waals surface area contributed by atoms with Crippen molar-refractivity contribution >= 4 is 11.6 Å². The van der Waals surface area contributed by atoms with Gasteiger partial charge in [-0.1, -0.05) is 6.92 Å². The van der Waals surface area contributed by atoms with Crippen molar-refractivity contribution in [2.24, 2.45) is 5.92 Å². The molecule has 0 N–H and O–H groups in total. The van der Waals surface area contributed by atoms with E-state index in [2.05, 4.69) is 29.0 Å². The number of rotatable bonds is 5. The molecule has 1 aliphatic heterocycles. The molecular formula is C17H25N5O. The Kier molecular flexibility index (Phi) is 4.91. The lowest BCUT2D eigenvalue weighted by Crippen LogP contribution is -2.39. The standard InChI is InChI=1S/C17H25N5O/c1-3-20(2)10-6-14-7-11-21(12-8-14)17(23)15-4-5-16-18-9-13-22(16)19-15/h4-5,9,13-14H,3,6-8,10-12H2,1-2H3. The summed E-state index contributed by atoms with van der Waals surface area (Å²) in [7, 11) is 2.16. The highest BCUT2D eigenvalue weighted by molar-refractivity contribution is 5.92. The molecule has 3 rings (SSSR count). The molecule has 0 aliphatic carbocycles. The number of fused-ring (bicyclic) bond motifs is 1. The quantitative estimate of drug-likeness (QED) is 0.846. The van der Waals surface area contributed by atoms with E-state index in [9.17, 15) is 4.79 Å². The van der Waals surface area contributed by atoms with Crippen molar-refractivity contribution in [3.8, 4) is 0 Å². The van der Waals surface area contributed by atoms with Gasteiger partial charge in [0.25, 0.3) is 5.91 Å². The number of imidazole rings is 1. The van der Waals surface area contributed by atoms with Crippen molar-refractivity contribution in [3.05, 3.63) is 30.2 Å². The first-order chi connectivity index (χ1) is 11.2. The summed E-state index contributed by atoms with van der Waals surface area (Å²) in [5.74, 6) is 0.766. The van der Waals surface area contributed by atoms with Gasteiger partial charge in [-0.25, -0.2) is 9.50 Å². The highest BCUT2D eigenvalue weighted by Crippen LogP contribution is 2.21. The average molecular weight is 315 g/mol. The smallest absolute Gasteiger partial charge is 0.274 e. The van der Waals surface area contributed by atoms with Crippen molar-refractivity contribution < 1.29 is 4.79 Å². The molecule has 1 saturated heterocycles. The lowest BCUT2D eigenvalue weighted by atomic mass is 9.93. The van der Waals surface area contributed by atoms with E-state index in [1.165, 1.54) is 6.42 Å². The Bertz CT molecular complexity index is 660. The monoisotopic (exact) mass is 315 g/mol. The molecule has 1 aliphatic rings. The van der Waals surface area contributed by atoms with Crippen LogP contribution in [0.4, 0.5) is 0 Å². The van der Waals surface area contributed by atoms with E-state index in [4.69, 9.17) is 0 Å². The number of aromatic nitrogens is 3. The molecule has 2 aromatic rings. The number of carbonyl (C=O) groups is 1. The molecule has 0 unspecified atom stereocenters. The van der Waals surface area contributed by atoms with E-state index in [-0.39, 0.29) is 5.91 Å². The molecule has 1 fully saturated rings. The van der Waals surface area contributed by atoms with Crippen LogP contribution in [0.15, 0.2) is 24.5 Å². The fourth-order valence-corrected chi connectivity index (χ4v) is 3.08. The Morgan fingerprint density at radius 1 is 1.35 bits per heavy atom. The van der Waals surface area contributed by atoms with Gasteiger partial charge >= 0.3 is 0 Å². The third-order valence-corrected chi connectivity index (χ3v) is 4.83. The van der Waals surface area contributed by atoms with Crippen LogP contribution < -0.4 is 0 Å². The highest BCUT2D eigenvalue weighted by atomic mass is 16.2. The number of piperidine rings is 1. The van der Waals surface area contributed by atoms with Gasteiger partial charge in [0, 0.05) is 25.5 Å². The van der Waals surface area contributed by atoms with Crippen LogP contribution in [0.3, 0.4) is 0 Å². The van der Waals surface area contributed by atoms with E-state index < -0.39 is 0 Å². The van der Waals surface area contributed by atoms with Crippen molar-refractivity contribution in [2.45, 2.75) is 26.2 Å². The molecule has 0 spiro atoms. The number of amides is 1. The molecule has 6 heteroatoms. The van der Waals surface area contributed by atoms with Crippen molar-refractivity contribution in [1.29, 1.82) is 0 Å². The summed E-state index contributed by atoms with van der Waals surface area (Å²) in [5, 5.41) is 4.36. The summed E-state index contributed by atoms with van der Waals surface area (Å²) in [6, 6.07) is 3.61. The fraction of sp³-hybridized carbons (Fsp3) is 0.588. The molecule has 124 valence electrons. The van der Waals surface area contributed by atoms with Crippen LogP contribution in [0.25, 0.3) is 5.65 Å². The van der Waals surface area contributed by atoms with Crippen molar-refractivity contribution in [1.82, 2.24) is 24.4 Å². The Balaban J connectivity index is 1.55. The van der Waals surface area contributed by atoms with Gasteiger partial charge in [-0.15, -0.1) is 0 Å². The summed E-state index contributed by atoms with van der Waals surface area (Å²) in [6.07, 6.45) is 6.87. The SMILES string of the molecule is CCN(C)CCC1CCN(C(=O)c2ccc3nccn3n2)CC1. The van der Waals surface area contributed by atoms with Gasteiger partial charge in [0.2, 0.25) is 0 Å². The minimum atomic E-state index is 0.0322. The summed E-state index contributed by atoms with van der Waals surface area (Å²) in [6.45, 7) is 6.10. The zero-order valence-electron chi connectivity index (χ0n) is 14.0. The lowest BCUT2D eigenvalue weighted by molar-refractivity contribution is 0.0675. The largest absolute Gasteiger partial charge is 0.337 e. The van der Waals surface area contributed by atoms with Crippen molar-refractivity contribution in [3.63, 3.8) is 0 Å². The number of carbonyl (C=O) groups excluding carboxylic acids is 1. The molecule has 6 nitrogen and oxygen atoms in total. The molecule has 2 aromatic heterocycles. The number of hydrogen-bond acceptors (Lipinski definition) is 4. The van der Waals surface area contributed by atoms with Crippen molar-refractivity contribution in [2.75, 3.05) is 33.2 Å². The lowest BCUT2D eigenvalue weighted by Gasteiger charge is -2.32.